The first-order chi connectivity index (χ1) is 23.8. The van der Waals surface area contributed by atoms with Crippen molar-refractivity contribution >= 4 is 5.91 Å². The van der Waals surface area contributed by atoms with Crippen molar-refractivity contribution in [3.63, 3.8) is 0 Å². The number of ether oxygens (including phenoxy) is 2. The fraction of sp³-hybridized carbons (Fsp3) is 0.816. The molecule has 0 radical (unpaired) electrons. The third-order valence-electron chi connectivity index (χ3n) is 14.6. The molecule has 3 aliphatic heterocycles. The monoisotopic (exact) mass is 695 g/mol. The molecule has 12 heteroatoms. The maximum absolute atomic E-state index is 12.0. The van der Waals surface area contributed by atoms with E-state index in [0.29, 0.717) is 36.1 Å². The Morgan fingerprint density at radius 2 is 1.94 bits per heavy atom. The first kappa shape index (κ1) is 34.9. The predicted molar refractivity (Wildman–Crippen MR) is 183 cm³/mol. The highest BCUT2D eigenvalue weighted by Gasteiger charge is 2.61. The average molecular weight is 696 g/mol. The number of nitrogens with zero attached hydrogens (tertiary/aromatic N) is 4. The third-order valence-corrected chi connectivity index (χ3v) is 14.6. The summed E-state index contributed by atoms with van der Waals surface area (Å²) in [4.78, 5) is 14.5. The summed E-state index contributed by atoms with van der Waals surface area (Å²) >= 11 is 0. The summed E-state index contributed by atoms with van der Waals surface area (Å²) in [6, 6.07) is -0.742. The smallest absolute Gasteiger partial charge is 0.217 e. The molecule has 50 heavy (non-hydrogen) atoms. The van der Waals surface area contributed by atoms with Crippen molar-refractivity contribution in [2.75, 3.05) is 13.2 Å². The number of aliphatic hydroxyl groups is 4. The van der Waals surface area contributed by atoms with Gasteiger partial charge in [-0.1, -0.05) is 43.2 Å². The first-order valence-corrected chi connectivity index (χ1v) is 19.1. The number of hydrogen-bond donors (Lipinski definition) is 5. The Hall–Kier alpha value is -2.19. The standard InChI is InChI=1S/C38H57N5O7/c1-19-12-30-33(42(15-19)16-24-17-43(41-40-24)36-32(39-22(4)45)35(48)34(47)31(18-44)49-36)21(3)38(50-30)11-9-26-27-7-6-23-13-25(46)8-10-37(23,5)29(27)14-28(26)20(38)2/h6,17,19,21,25-27,29-36,44,46-48H,7-16,18H2,1-5H3,(H,39,45)/t19-,21+,25-,26-,27-,29-,30+,31?,32?,33-,34-,35?,36+,37-,38-/m0/s1. The first-order valence-electron chi connectivity index (χ1n) is 19.1. The normalized spacial score (nSPS) is 47.4. The van der Waals surface area contributed by atoms with E-state index in [-0.39, 0.29) is 35.2 Å². The average Bonchev–Trinajstić information content (AvgIpc) is 3.77. The van der Waals surface area contributed by atoms with E-state index in [2.05, 4.69) is 54.3 Å². The summed E-state index contributed by atoms with van der Waals surface area (Å²) < 4.78 is 14.8. The van der Waals surface area contributed by atoms with Gasteiger partial charge in [0.15, 0.2) is 6.23 Å². The molecule has 1 aromatic heterocycles. The van der Waals surface area contributed by atoms with Crippen LogP contribution < -0.4 is 5.32 Å². The van der Waals surface area contributed by atoms with Crippen LogP contribution >= 0.6 is 0 Å². The van der Waals surface area contributed by atoms with Gasteiger partial charge in [0.1, 0.15) is 24.4 Å². The van der Waals surface area contributed by atoms with E-state index in [9.17, 15) is 25.2 Å². The van der Waals surface area contributed by atoms with E-state index < -0.39 is 37.2 Å². The van der Waals surface area contributed by atoms with Crippen LogP contribution in [0, 0.1) is 35.0 Å². The molecule has 3 saturated heterocycles. The van der Waals surface area contributed by atoms with Crippen molar-refractivity contribution in [3.8, 4) is 0 Å². The van der Waals surface area contributed by atoms with Gasteiger partial charge in [0, 0.05) is 32.0 Å². The molecule has 0 bridgehead atoms. The highest BCUT2D eigenvalue weighted by atomic mass is 16.5. The van der Waals surface area contributed by atoms with E-state index in [1.165, 1.54) is 29.2 Å². The zero-order chi connectivity index (χ0) is 35.3. The zero-order valence-corrected chi connectivity index (χ0v) is 30.2. The fourth-order valence-corrected chi connectivity index (χ4v) is 12.1. The van der Waals surface area contributed by atoms with Gasteiger partial charge in [0.2, 0.25) is 5.91 Å². The second-order valence-corrected chi connectivity index (χ2v) is 17.3. The van der Waals surface area contributed by atoms with Gasteiger partial charge in [-0.05, 0) is 93.0 Å². The SMILES string of the molecule is CC(=O)NC1C(O)[C@@H](O)C(CO)O[C@H]1n1cc(CN2C[C@@H](C)C[C@H]3O[C@]4(CC[C@@H]5C(=C4C)C[C@H]4[C@H]5CC=C5C[C@@H](O)CC[C@@]54C)[C@H](C)[C@@H]32)nn1. The number of rotatable bonds is 5. The molecule has 4 aliphatic carbocycles. The molecule has 15 atom stereocenters. The van der Waals surface area contributed by atoms with Gasteiger partial charge >= 0.3 is 0 Å². The Morgan fingerprint density at radius 3 is 2.70 bits per heavy atom. The summed E-state index contributed by atoms with van der Waals surface area (Å²) in [6.07, 6.45) is 7.93. The van der Waals surface area contributed by atoms with Crippen LogP contribution in [0.5, 0.6) is 0 Å². The van der Waals surface area contributed by atoms with Gasteiger partial charge in [0.25, 0.3) is 0 Å². The second-order valence-electron chi connectivity index (χ2n) is 17.3. The number of amides is 1. The topological polar surface area (TPSA) is 162 Å². The Labute approximate surface area is 295 Å². The molecule has 1 spiro atoms. The number of fused-ring (bicyclic) bond motifs is 6. The van der Waals surface area contributed by atoms with Gasteiger partial charge in [-0.25, -0.2) is 4.68 Å². The highest BCUT2D eigenvalue weighted by Crippen LogP contribution is 2.65. The summed E-state index contributed by atoms with van der Waals surface area (Å²) in [6.45, 7) is 11.9. The zero-order valence-electron chi connectivity index (χ0n) is 30.2. The molecule has 2 saturated carbocycles. The van der Waals surface area contributed by atoms with Crippen molar-refractivity contribution in [2.45, 2.75) is 147 Å². The van der Waals surface area contributed by atoms with Crippen molar-refractivity contribution in [1.29, 1.82) is 0 Å². The molecule has 0 aromatic carbocycles. The molecule has 12 nitrogen and oxygen atoms in total. The van der Waals surface area contributed by atoms with Crippen LogP contribution in [-0.4, -0.2) is 108 Å². The number of aromatic nitrogens is 3. The van der Waals surface area contributed by atoms with Crippen LogP contribution in [0.3, 0.4) is 0 Å². The number of carbonyl (C=O) groups is 1. The van der Waals surface area contributed by atoms with Crippen LogP contribution in [0.4, 0.5) is 0 Å². The molecule has 7 aliphatic rings. The van der Waals surface area contributed by atoms with E-state index in [0.717, 1.165) is 57.2 Å². The Bertz CT molecular complexity index is 1550. The van der Waals surface area contributed by atoms with Crippen LogP contribution in [0.2, 0.25) is 0 Å². The third kappa shape index (κ3) is 5.38. The van der Waals surface area contributed by atoms with E-state index in [1.807, 2.05) is 0 Å². The van der Waals surface area contributed by atoms with Gasteiger partial charge in [0.05, 0.1) is 36.3 Å². The lowest BCUT2D eigenvalue weighted by Crippen LogP contribution is -2.62. The van der Waals surface area contributed by atoms with Crippen LogP contribution in [0.25, 0.3) is 0 Å². The molecule has 1 amide bonds. The number of hydrogen-bond acceptors (Lipinski definition) is 10. The number of allylic oxidation sites excluding steroid dienone is 2. The Kier molecular flexibility index (Phi) is 8.89. The molecule has 5 N–H and O–H groups in total. The maximum Gasteiger partial charge on any atom is 0.217 e. The number of piperidine rings is 1. The van der Waals surface area contributed by atoms with E-state index >= 15 is 0 Å². The van der Waals surface area contributed by atoms with Crippen LogP contribution in [0.15, 0.2) is 29.0 Å². The number of aliphatic hydroxyl groups excluding tert-OH is 4. The predicted octanol–water partition coefficient (Wildman–Crippen LogP) is 2.62. The molecule has 4 heterocycles. The summed E-state index contributed by atoms with van der Waals surface area (Å²) in [5.41, 5.74) is 5.32. The largest absolute Gasteiger partial charge is 0.394 e. The number of likely N-dealkylation sites (tertiary alicyclic amines) is 1. The molecule has 1 aromatic rings. The maximum atomic E-state index is 12.0. The van der Waals surface area contributed by atoms with Gasteiger partial charge < -0.3 is 35.2 Å². The van der Waals surface area contributed by atoms with E-state index in [4.69, 9.17) is 9.47 Å². The lowest BCUT2D eigenvalue weighted by Gasteiger charge is -2.49. The Morgan fingerprint density at radius 1 is 1.14 bits per heavy atom. The molecule has 5 fully saturated rings. The number of nitrogens with one attached hydrogen (secondary N) is 1. The lowest BCUT2D eigenvalue weighted by molar-refractivity contribution is -0.219. The Balaban J connectivity index is 1.03. The van der Waals surface area contributed by atoms with Crippen molar-refractivity contribution in [2.24, 2.45) is 35.0 Å². The number of carbonyl (C=O) groups excluding carboxylic acids is 1. The van der Waals surface area contributed by atoms with Crippen molar-refractivity contribution in [3.05, 3.63) is 34.7 Å². The van der Waals surface area contributed by atoms with Crippen LogP contribution in [-0.2, 0) is 20.8 Å². The highest BCUT2D eigenvalue weighted by molar-refractivity contribution is 5.73. The molecule has 3 unspecified atom stereocenters. The molecule has 8 rings (SSSR count). The minimum absolute atomic E-state index is 0.123. The van der Waals surface area contributed by atoms with Crippen molar-refractivity contribution in [1.82, 2.24) is 25.2 Å². The summed E-state index contributed by atoms with van der Waals surface area (Å²) in [7, 11) is 0. The fourth-order valence-electron chi connectivity index (χ4n) is 12.1. The van der Waals surface area contributed by atoms with Crippen molar-refractivity contribution < 1.29 is 34.7 Å². The molecular formula is C38H57N5O7. The minimum Gasteiger partial charge on any atom is -0.394 e. The molecular weight excluding hydrogens is 638 g/mol. The minimum atomic E-state index is -1.36. The molecule has 276 valence electrons. The van der Waals surface area contributed by atoms with Gasteiger partial charge in [-0.2, -0.15) is 0 Å². The summed E-state index contributed by atoms with van der Waals surface area (Å²) in [5.74, 6) is 2.34. The quantitative estimate of drug-likeness (QED) is 0.290. The second kappa shape index (κ2) is 12.7. The lowest BCUT2D eigenvalue weighted by atomic mass is 9.56. The van der Waals surface area contributed by atoms with Crippen LogP contribution in [0.1, 0.15) is 97.9 Å². The van der Waals surface area contributed by atoms with E-state index in [1.54, 1.807) is 11.8 Å². The van der Waals surface area contributed by atoms with Gasteiger partial charge in [-0.15, -0.1) is 5.10 Å². The summed E-state index contributed by atoms with van der Waals surface area (Å²) in [5, 5.41) is 53.1. The van der Waals surface area contributed by atoms with Gasteiger partial charge in [-0.3, -0.25) is 9.69 Å².